The molecule has 1 fully saturated rings. The van der Waals surface area contributed by atoms with Crippen LogP contribution in [0.4, 0.5) is 14.5 Å². The van der Waals surface area contributed by atoms with Crippen LogP contribution in [0, 0.1) is 11.6 Å². The number of hydrogen-bond donors (Lipinski definition) is 2. The number of methoxy groups -OCH3 is 1. The Morgan fingerprint density at radius 1 is 1.23 bits per heavy atom. The van der Waals surface area contributed by atoms with Gasteiger partial charge in [-0.15, -0.1) is 0 Å². The minimum Gasteiger partial charge on any atom is -0.494 e. The molecule has 7 nitrogen and oxygen atoms in total. The van der Waals surface area contributed by atoms with E-state index in [0.717, 1.165) is 6.07 Å². The van der Waals surface area contributed by atoms with Crippen molar-refractivity contribution < 1.29 is 27.9 Å². The summed E-state index contributed by atoms with van der Waals surface area (Å²) in [5.41, 5.74) is 1.33. The molecule has 2 heterocycles. The zero-order valence-corrected chi connectivity index (χ0v) is 16.1. The van der Waals surface area contributed by atoms with Crippen LogP contribution in [-0.4, -0.2) is 35.8 Å². The number of halogens is 2. The second kappa shape index (κ2) is 7.74. The van der Waals surface area contributed by atoms with E-state index in [1.807, 2.05) is 0 Å². The van der Waals surface area contributed by atoms with E-state index in [1.165, 1.54) is 24.1 Å². The Bertz CT molecular complexity index is 1060. The largest absolute Gasteiger partial charge is 0.494 e. The van der Waals surface area contributed by atoms with Gasteiger partial charge in [0.25, 0.3) is 5.91 Å². The van der Waals surface area contributed by atoms with Gasteiger partial charge < -0.3 is 15.0 Å². The summed E-state index contributed by atoms with van der Waals surface area (Å²) in [7, 11) is 1.37. The number of amides is 3. The van der Waals surface area contributed by atoms with Crippen LogP contribution in [0.2, 0.25) is 0 Å². The number of piperidine rings is 1. The lowest BCUT2D eigenvalue weighted by Crippen LogP contribution is -2.52. The topological polar surface area (TPSA) is 87.7 Å². The van der Waals surface area contributed by atoms with Gasteiger partial charge >= 0.3 is 0 Å². The maximum absolute atomic E-state index is 14.4. The van der Waals surface area contributed by atoms with Crippen molar-refractivity contribution in [2.75, 3.05) is 12.4 Å². The first-order chi connectivity index (χ1) is 14.4. The molecule has 0 saturated carbocycles. The highest BCUT2D eigenvalue weighted by molar-refractivity contribution is 6.06. The fourth-order valence-electron chi connectivity index (χ4n) is 3.82. The molecular formula is C21H19F2N3O4. The lowest BCUT2D eigenvalue weighted by atomic mass is 10.0. The van der Waals surface area contributed by atoms with Crippen LogP contribution in [0.1, 0.15) is 34.3 Å². The van der Waals surface area contributed by atoms with Gasteiger partial charge in [0.15, 0.2) is 11.6 Å². The molecule has 2 aliphatic rings. The van der Waals surface area contributed by atoms with Crippen molar-refractivity contribution in [1.29, 1.82) is 0 Å². The van der Waals surface area contributed by atoms with Crippen molar-refractivity contribution in [3.63, 3.8) is 0 Å². The zero-order chi connectivity index (χ0) is 21.4. The van der Waals surface area contributed by atoms with Gasteiger partial charge in [-0.3, -0.25) is 19.7 Å². The molecule has 2 N–H and O–H groups in total. The number of carbonyl (C=O) groups excluding carboxylic acids is 3. The number of ether oxygens (including phenoxy) is 1. The molecule has 0 radical (unpaired) electrons. The Labute approximate surface area is 171 Å². The average Bonchev–Trinajstić information content (AvgIpc) is 3.03. The number of hydrogen-bond acceptors (Lipinski definition) is 5. The van der Waals surface area contributed by atoms with Crippen LogP contribution in [-0.2, 0) is 22.7 Å². The fourth-order valence-corrected chi connectivity index (χ4v) is 3.82. The van der Waals surface area contributed by atoms with E-state index in [9.17, 15) is 23.2 Å². The summed E-state index contributed by atoms with van der Waals surface area (Å²) in [6, 6.07) is 6.28. The third-order valence-corrected chi connectivity index (χ3v) is 5.35. The minimum absolute atomic E-state index is 0.0472. The molecule has 1 saturated heterocycles. The molecule has 0 bridgehead atoms. The van der Waals surface area contributed by atoms with E-state index in [4.69, 9.17) is 4.74 Å². The zero-order valence-electron chi connectivity index (χ0n) is 16.1. The first-order valence-electron chi connectivity index (χ1n) is 9.41. The Hall–Kier alpha value is -3.49. The van der Waals surface area contributed by atoms with Gasteiger partial charge in [-0.25, -0.2) is 8.78 Å². The Balaban J connectivity index is 1.59. The first kappa shape index (κ1) is 19.8. The van der Waals surface area contributed by atoms with Crippen LogP contribution in [0.25, 0.3) is 0 Å². The Morgan fingerprint density at radius 3 is 2.77 bits per heavy atom. The Morgan fingerprint density at radius 2 is 2.03 bits per heavy atom. The van der Waals surface area contributed by atoms with Crippen LogP contribution in [0.15, 0.2) is 30.3 Å². The molecule has 0 aromatic heterocycles. The molecule has 3 amide bonds. The van der Waals surface area contributed by atoms with E-state index >= 15 is 0 Å². The maximum atomic E-state index is 14.4. The molecule has 156 valence electrons. The van der Waals surface area contributed by atoms with Crippen molar-refractivity contribution in [2.45, 2.75) is 32.0 Å². The van der Waals surface area contributed by atoms with Crippen LogP contribution in [0.5, 0.6) is 5.75 Å². The highest BCUT2D eigenvalue weighted by Gasteiger charge is 2.40. The number of anilines is 1. The number of benzene rings is 2. The molecule has 2 aromatic rings. The predicted octanol–water partition coefficient (Wildman–Crippen LogP) is 2.35. The monoisotopic (exact) mass is 415 g/mol. The minimum atomic E-state index is -0.797. The summed E-state index contributed by atoms with van der Waals surface area (Å²) in [6.45, 7) is 0.134. The van der Waals surface area contributed by atoms with Crippen LogP contribution in [0.3, 0.4) is 0 Å². The lowest BCUT2D eigenvalue weighted by molar-refractivity contribution is -0.136. The maximum Gasteiger partial charge on any atom is 0.255 e. The highest BCUT2D eigenvalue weighted by Crippen LogP contribution is 2.34. The molecular weight excluding hydrogens is 396 g/mol. The van der Waals surface area contributed by atoms with Crippen LogP contribution >= 0.6 is 0 Å². The smallest absolute Gasteiger partial charge is 0.255 e. The van der Waals surface area contributed by atoms with Gasteiger partial charge in [-0.1, -0.05) is 12.1 Å². The van der Waals surface area contributed by atoms with Gasteiger partial charge in [0.1, 0.15) is 11.9 Å². The number of nitrogens with one attached hydrogen (secondary N) is 2. The molecule has 2 aliphatic heterocycles. The first-order valence-corrected chi connectivity index (χ1v) is 9.41. The van der Waals surface area contributed by atoms with Crippen LogP contribution < -0.4 is 15.4 Å². The molecule has 0 spiro atoms. The summed E-state index contributed by atoms with van der Waals surface area (Å²) in [4.78, 5) is 37.7. The number of fused-ring (bicyclic) bond motifs is 1. The third kappa shape index (κ3) is 3.47. The molecule has 9 heteroatoms. The summed E-state index contributed by atoms with van der Waals surface area (Å²) in [5, 5.41) is 5.22. The Kier molecular flexibility index (Phi) is 5.11. The summed E-state index contributed by atoms with van der Waals surface area (Å²) in [6.07, 6.45) is 0.343. The summed E-state index contributed by atoms with van der Waals surface area (Å²) in [5.74, 6) is -2.45. The van der Waals surface area contributed by atoms with Gasteiger partial charge in [0.2, 0.25) is 11.8 Å². The SMILES string of the molecule is COc1cccc(CNc2cc(F)cc3c2CN([C@H]2CCC(=O)NC2=O)C3=O)c1F. The fraction of sp³-hybridized carbons (Fsp3) is 0.286. The molecule has 4 rings (SSSR count). The molecule has 0 unspecified atom stereocenters. The van der Waals surface area contributed by atoms with E-state index < -0.39 is 29.5 Å². The van der Waals surface area contributed by atoms with Gasteiger partial charge in [-0.2, -0.15) is 0 Å². The van der Waals surface area contributed by atoms with Crippen molar-refractivity contribution in [3.8, 4) is 5.75 Å². The average molecular weight is 415 g/mol. The van der Waals surface area contributed by atoms with Gasteiger partial charge in [-0.05, 0) is 24.6 Å². The van der Waals surface area contributed by atoms with Crippen molar-refractivity contribution in [2.24, 2.45) is 0 Å². The number of carbonyl (C=O) groups is 3. The number of nitrogens with zero attached hydrogens (tertiary/aromatic N) is 1. The van der Waals surface area contributed by atoms with Gasteiger partial charge in [0, 0.05) is 41.9 Å². The number of rotatable bonds is 5. The highest BCUT2D eigenvalue weighted by atomic mass is 19.1. The quantitative estimate of drug-likeness (QED) is 0.732. The van der Waals surface area contributed by atoms with Gasteiger partial charge in [0.05, 0.1) is 7.11 Å². The van der Waals surface area contributed by atoms with Crippen molar-refractivity contribution >= 4 is 23.4 Å². The third-order valence-electron chi connectivity index (χ3n) is 5.35. The van der Waals surface area contributed by atoms with E-state index in [1.54, 1.807) is 12.1 Å². The van der Waals surface area contributed by atoms with Crippen molar-refractivity contribution in [3.05, 3.63) is 58.7 Å². The normalized spacial score (nSPS) is 18.3. The molecule has 30 heavy (non-hydrogen) atoms. The van der Waals surface area contributed by atoms with Crippen molar-refractivity contribution in [1.82, 2.24) is 10.2 Å². The van der Waals surface area contributed by atoms with E-state index in [-0.39, 0.29) is 43.2 Å². The summed E-state index contributed by atoms with van der Waals surface area (Å²) < 4.78 is 33.6. The standard InChI is InChI=1S/C21H19F2N3O4/c1-30-17-4-2-3-11(19(17)23)9-24-15-8-12(22)7-13-14(15)10-26(21(13)29)16-5-6-18(27)25-20(16)28/h2-4,7-8,16,24H,5-6,9-10H2,1H3,(H,25,27,28)/t16-/m0/s1. The van der Waals surface area contributed by atoms with E-state index in [0.29, 0.717) is 16.8 Å². The van der Waals surface area contributed by atoms with E-state index in [2.05, 4.69) is 10.6 Å². The second-order valence-electron chi connectivity index (χ2n) is 7.17. The predicted molar refractivity (Wildman–Crippen MR) is 103 cm³/mol. The lowest BCUT2D eigenvalue weighted by Gasteiger charge is -2.29. The number of imide groups is 1. The molecule has 2 aromatic carbocycles. The second-order valence-corrected chi connectivity index (χ2v) is 7.17. The molecule has 0 aliphatic carbocycles. The summed E-state index contributed by atoms with van der Waals surface area (Å²) >= 11 is 0. The molecule has 1 atom stereocenters.